The fourth-order valence-corrected chi connectivity index (χ4v) is 3.46. The summed E-state index contributed by atoms with van der Waals surface area (Å²) in [6, 6.07) is 8.85. The zero-order chi connectivity index (χ0) is 18.0. The first kappa shape index (κ1) is 17.1. The predicted octanol–water partition coefficient (Wildman–Crippen LogP) is 5.16. The molecule has 2 heterocycles. The number of hydrogen-bond donors (Lipinski definition) is 0. The van der Waals surface area contributed by atoms with E-state index in [1.807, 2.05) is 26.0 Å². The molecule has 3 aromatic rings. The highest BCUT2D eigenvalue weighted by atomic mass is 32.1. The van der Waals surface area contributed by atoms with Gasteiger partial charge in [-0.1, -0.05) is 0 Å². The minimum absolute atomic E-state index is 0.0274. The van der Waals surface area contributed by atoms with Gasteiger partial charge in [-0.05, 0) is 37.6 Å². The molecule has 0 unspecified atom stereocenters. The molecule has 126 valence electrons. The number of halogens is 2. The van der Waals surface area contributed by atoms with E-state index in [0.29, 0.717) is 22.6 Å². The lowest BCUT2D eigenvalue weighted by Gasteiger charge is -2.11. The number of pyridine rings is 1. The van der Waals surface area contributed by atoms with Gasteiger partial charge in [0, 0.05) is 33.6 Å². The van der Waals surface area contributed by atoms with Crippen LogP contribution in [0.25, 0.3) is 11.3 Å². The molecule has 0 saturated carbocycles. The third kappa shape index (κ3) is 3.83. The third-order valence-corrected chi connectivity index (χ3v) is 4.56. The summed E-state index contributed by atoms with van der Waals surface area (Å²) in [5.41, 5.74) is 2.25. The quantitative estimate of drug-likeness (QED) is 0.649. The lowest BCUT2D eigenvalue weighted by Crippen LogP contribution is -2.00. The summed E-state index contributed by atoms with van der Waals surface area (Å²) in [6.45, 7) is 3.96. The zero-order valence-corrected chi connectivity index (χ0v) is 14.5. The Morgan fingerprint density at radius 2 is 1.84 bits per heavy atom. The van der Waals surface area contributed by atoms with Gasteiger partial charge < -0.3 is 4.74 Å². The van der Waals surface area contributed by atoms with E-state index < -0.39 is 11.6 Å². The number of aromatic nitrogens is 1. The Bertz CT molecular complexity index is 956. The molecule has 0 spiro atoms. The van der Waals surface area contributed by atoms with E-state index in [4.69, 9.17) is 10.00 Å². The SMILES string of the molecule is Cc1cc(-c2ncc(C#N)cc2OCc2cc(F)cc(F)c2)c(C)s1. The van der Waals surface area contributed by atoms with E-state index in [1.165, 1.54) is 18.3 Å². The summed E-state index contributed by atoms with van der Waals surface area (Å²) in [7, 11) is 0. The molecule has 6 heteroatoms. The second-order valence-corrected chi connectivity index (χ2v) is 7.04. The zero-order valence-electron chi connectivity index (χ0n) is 13.6. The molecule has 1 aromatic carbocycles. The van der Waals surface area contributed by atoms with Gasteiger partial charge >= 0.3 is 0 Å². The van der Waals surface area contributed by atoms with Crippen LogP contribution < -0.4 is 4.74 Å². The van der Waals surface area contributed by atoms with E-state index in [-0.39, 0.29) is 6.61 Å². The van der Waals surface area contributed by atoms with Gasteiger partial charge in [-0.2, -0.15) is 5.26 Å². The molecule has 0 N–H and O–H groups in total. The molecule has 0 aliphatic rings. The molecule has 3 rings (SSSR count). The Labute approximate surface area is 148 Å². The number of nitrogens with zero attached hydrogens (tertiary/aromatic N) is 2. The first-order valence-corrected chi connectivity index (χ1v) is 8.33. The largest absolute Gasteiger partial charge is 0.487 e. The van der Waals surface area contributed by atoms with Gasteiger partial charge in [-0.15, -0.1) is 11.3 Å². The third-order valence-electron chi connectivity index (χ3n) is 3.59. The summed E-state index contributed by atoms with van der Waals surface area (Å²) in [4.78, 5) is 6.57. The summed E-state index contributed by atoms with van der Waals surface area (Å²) in [6.07, 6.45) is 1.48. The number of aryl methyl sites for hydroxylation is 2. The standard InChI is InChI=1S/C19H14F2N2OS/c1-11-3-17(12(2)25-11)19-18(6-14(8-22)9-23-19)24-10-13-4-15(20)7-16(21)5-13/h3-7,9H,10H2,1-2H3. The lowest BCUT2D eigenvalue weighted by molar-refractivity contribution is 0.305. The minimum Gasteiger partial charge on any atom is -0.487 e. The topological polar surface area (TPSA) is 45.9 Å². The van der Waals surface area contributed by atoms with Gasteiger partial charge in [-0.3, -0.25) is 4.98 Å². The molecule has 0 fully saturated rings. The van der Waals surface area contributed by atoms with Crippen molar-refractivity contribution >= 4 is 11.3 Å². The normalized spacial score (nSPS) is 10.5. The Kier molecular flexibility index (Phi) is 4.77. The van der Waals surface area contributed by atoms with E-state index in [0.717, 1.165) is 21.4 Å². The van der Waals surface area contributed by atoms with E-state index in [1.54, 1.807) is 17.4 Å². The fourth-order valence-electron chi connectivity index (χ4n) is 2.54. The Morgan fingerprint density at radius 1 is 1.12 bits per heavy atom. The number of thiophene rings is 1. The molecule has 3 nitrogen and oxygen atoms in total. The first-order chi connectivity index (χ1) is 12.0. The average molecular weight is 356 g/mol. The highest BCUT2D eigenvalue weighted by molar-refractivity contribution is 7.12. The maximum atomic E-state index is 13.3. The van der Waals surface area contributed by atoms with Crippen molar-refractivity contribution < 1.29 is 13.5 Å². The van der Waals surface area contributed by atoms with Gasteiger partial charge in [-0.25, -0.2) is 8.78 Å². The van der Waals surface area contributed by atoms with Gasteiger partial charge in [0.2, 0.25) is 0 Å². The number of rotatable bonds is 4. The van der Waals surface area contributed by atoms with Gasteiger partial charge in [0.1, 0.15) is 35.8 Å². The van der Waals surface area contributed by atoms with Gasteiger partial charge in [0.25, 0.3) is 0 Å². The van der Waals surface area contributed by atoms with Crippen molar-refractivity contribution in [1.82, 2.24) is 4.98 Å². The van der Waals surface area contributed by atoms with Gasteiger partial charge in [0.15, 0.2) is 0 Å². The average Bonchev–Trinajstić information content (AvgIpc) is 2.90. The molecular weight excluding hydrogens is 342 g/mol. The minimum atomic E-state index is -0.660. The van der Waals surface area contributed by atoms with E-state index in [9.17, 15) is 8.78 Å². The van der Waals surface area contributed by atoms with Crippen LogP contribution >= 0.6 is 11.3 Å². The Hall–Kier alpha value is -2.78. The van der Waals surface area contributed by atoms with Crippen LogP contribution in [0.2, 0.25) is 0 Å². The highest BCUT2D eigenvalue weighted by Gasteiger charge is 2.14. The number of nitriles is 1. The summed E-state index contributed by atoms with van der Waals surface area (Å²) in [5.74, 6) is -0.913. The number of ether oxygens (including phenoxy) is 1. The monoisotopic (exact) mass is 356 g/mol. The molecule has 2 aromatic heterocycles. The van der Waals surface area contributed by atoms with Crippen LogP contribution in [0.5, 0.6) is 5.75 Å². The summed E-state index contributed by atoms with van der Waals surface area (Å²) >= 11 is 1.64. The van der Waals surface area contributed by atoms with Crippen molar-refractivity contribution in [3.8, 4) is 23.1 Å². The summed E-state index contributed by atoms with van der Waals surface area (Å²) < 4.78 is 32.4. The van der Waals surface area contributed by atoms with Crippen molar-refractivity contribution in [3.05, 3.63) is 69.0 Å². The van der Waals surface area contributed by atoms with Crippen molar-refractivity contribution in [1.29, 1.82) is 5.26 Å². The molecular formula is C19H14F2N2OS. The maximum absolute atomic E-state index is 13.3. The smallest absolute Gasteiger partial charge is 0.147 e. The van der Waals surface area contributed by atoms with Crippen LogP contribution in [-0.2, 0) is 6.61 Å². The number of benzene rings is 1. The predicted molar refractivity (Wildman–Crippen MR) is 92.4 cm³/mol. The molecule has 0 aliphatic carbocycles. The number of hydrogen-bond acceptors (Lipinski definition) is 4. The Morgan fingerprint density at radius 3 is 2.44 bits per heavy atom. The van der Waals surface area contributed by atoms with E-state index in [2.05, 4.69) is 4.98 Å². The molecule has 0 radical (unpaired) electrons. The van der Waals surface area contributed by atoms with Crippen LogP contribution in [0.15, 0.2) is 36.5 Å². The first-order valence-electron chi connectivity index (χ1n) is 7.51. The molecule has 0 atom stereocenters. The molecule has 0 amide bonds. The highest BCUT2D eigenvalue weighted by Crippen LogP contribution is 2.35. The molecule has 0 saturated heterocycles. The molecule has 0 aliphatic heterocycles. The second kappa shape index (κ2) is 6.99. The lowest BCUT2D eigenvalue weighted by atomic mass is 10.1. The molecule has 0 bridgehead atoms. The van der Waals surface area contributed by atoms with Crippen LogP contribution in [0.1, 0.15) is 20.9 Å². The maximum Gasteiger partial charge on any atom is 0.147 e. The summed E-state index contributed by atoms with van der Waals surface area (Å²) in [5, 5.41) is 9.10. The molecule has 25 heavy (non-hydrogen) atoms. The Balaban J connectivity index is 1.96. The van der Waals surface area contributed by atoms with Crippen molar-refractivity contribution in [2.45, 2.75) is 20.5 Å². The van der Waals surface area contributed by atoms with Crippen LogP contribution in [0.4, 0.5) is 8.78 Å². The fraction of sp³-hybridized carbons (Fsp3) is 0.158. The van der Waals surface area contributed by atoms with Crippen LogP contribution in [0.3, 0.4) is 0 Å². The second-order valence-electron chi connectivity index (χ2n) is 5.58. The van der Waals surface area contributed by atoms with Gasteiger partial charge in [0.05, 0.1) is 5.56 Å². The van der Waals surface area contributed by atoms with Crippen LogP contribution in [0, 0.1) is 36.8 Å². The van der Waals surface area contributed by atoms with E-state index >= 15 is 0 Å². The van der Waals surface area contributed by atoms with Crippen molar-refractivity contribution in [2.24, 2.45) is 0 Å². The van der Waals surface area contributed by atoms with Crippen molar-refractivity contribution in [3.63, 3.8) is 0 Å². The van der Waals surface area contributed by atoms with Crippen LogP contribution in [-0.4, -0.2) is 4.98 Å². The van der Waals surface area contributed by atoms with Crippen molar-refractivity contribution in [2.75, 3.05) is 0 Å².